The number of hydrogen-bond acceptors (Lipinski definition) is 3. The first-order chi connectivity index (χ1) is 15.3. The van der Waals surface area contributed by atoms with Crippen molar-refractivity contribution in [1.82, 2.24) is 0 Å². The van der Waals surface area contributed by atoms with E-state index in [-0.39, 0.29) is 40.3 Å². The quantitative estimate of drug-likeness (QED) is 0.430. The lowest BCUT2D eigenvalue weighted by Crippen LogP contribution is -2.57. The lowest BCUT2D eigenvalue weighted by Gasteiger charge is -2.61. The lowest BCUT2D eigenvalue weighted by atomic mass is 9.43. The second kappa shape index (κ2) is 8.20. The van der Waals surface area contributed by atoms with Crippen molar-refractivity contribution < 1.29 is 15.3 Å². The van der Waals surface area contributed by atoms with Gasteiger partial charge >= 0.3 is 0 Å². The molecular formula is C30H50O3. The molecule has 2 saturated carbocycles. The zero-order valence-corrected chi connectivity index (χ0v) is 22.4. The lowest BCUT2D eigenvalue weighted by molar-refractivity contribution is -0.108. The molecule has 0 saturated heterocycles. The van der Waals surface area contributed by atoms with Crippen LogP contribution in [0, 0.1) is 39.4 Å². The van der Waals surface area contributed by atoms with E-state index in [4.69, 9.17) is 0 Å². The molecule has 4 rings (SSSR count). The maximum Gasteiger partial charge on any atom is 0.0654 e. The first-order valence-electron chi connectivity index (χ1n) is 13.7. The SMILES string of the molecule is CC(C)CCC[C@@](C)(O)[C@H]1CC[C@@]2(C)C3=CC[C@H]4C(C)(C)[C@@H](O)CC[C@]4(C)C3=CC[C@]12CO. The minimum Gasteiger partial charge on any atom is -0.396 e. The number of fused-ring (bicyclic) bond motifs is 5. The summed E-state index contributed by atoms with van der Waals surface area (Å²) < 4.78 is 0. The van der Waals surface area contributed by atoms with E-state index in [0.717, 1.165) is 57.8 Å². The van der Waals surface area contributed by atoms with Crippen LogP contribution in [-0.2, 0) is 0 Å². The summed E-state index contributed by atoms with van der Waals surface area (Å²) in [6.45, 7) is 16.0. The summed E-state index contributed by atoms with van der Waals surface area (Å²) in [5.74, 6) is 1.20. The van der Waals surface area contributed by atoms with Gasteiger partial charge in [0.15, 0.2) is 0 Å². The Hall–Kier alpha value is -0.640. The second-order valence-corrected chi connectivity index (χ2v) is 13.9. The van der Waals surface area contributed by atoms with E-state index in [9.17, 15) is 15.3 Å². The van der Waals surface area contributed by atoms with Gasteiger partial charge in [-0.15, -0.1) is 0 Å². The van der Waals surface area contributed by atoms with Gasteiger partial charge in [0.1, 0.15) is 0 Å². The molecule has 33 heavy (non-hydrogen) atoms. The summed E-state index contributed by atoms with van der Waals surface area (Å²) in [7, 11) is 0. The molecule has 3 heteroatoms. The van der Waals surface area contributed by atoms with Gasteiger partial charge < -0.3 is 15.3 Å². The van der Waals surface area contributed by atoms with Crippen molar-refractivity contribution in [3.8, 4) is 0 Å². The third-order valence-electron chi connectivity index (χ3n) is 11.4. The largest absolute Gasteiger partial charge is 0.396 e. The highest BCUT2D eigenvalue weighted by Crippen LogP contribution is 2.72. The predicted octanol–water partition coefficient (Wildman–Crippen LogP) is 6.42. The average molecular weight is 459 g/mol. The van der Waals surface area contributed by atoms with Crippen LogP contribution < -0.4 is 0 Å². The van der Waals surface area contributed by atoms with Gasteiger partial charge in [-0.3, -0.25) is 0 Å². The van der Waals surface area contributed by atoms with Gasteiger partial charge in [-0.2, -0.15) is 0 Å². The Balaban J connectivity index is 1.71. The van der Waals surface area contributed by atoms with Crippen molar-refractivity contribution in [3.05, 3.63) is 23.3 Å². The third-order valence-corrected chi connectivity index (χ3v) is 11.4. The molecular weight excluding hydrogens is 408 g/mol. The van der Waals surface area contributed by atoms with Crippen LogP contribution in [0.5, 0.6) is 0 Å². The van der Waals surface area contributed by atoms with Gasteiger partial charge in [0.25, 0.3) is 0 Å². The highest BCUT2D eigenvalue weighted by molar-refractivity contribution is 5.50. The van der Waals surface area contributed by atoms with Crippen LogP contribution in [0.3, 0.4) is 0 Å². The molecule has 7 atom stereocenters. The van der Waals surface area contributed by atoms with Crippen LogP contribution in [0.25, 0.3) is 0 Å². The van der Waals surface area contributed by atoms with Gasteiger partial charge in [-0.05, 0) is 91.6 Å². The summed E-state index contributed by atoms with van der Waals surface area (Å²) in [6, 6.07) is 0. The Kier molecular flexibility index (Phi) is 6.33. The summed E-state index contributed by atoms with van der Waals surface area (Å²) >= 11 is 0. The third kappa shape index (κ3) is 3.54. The van der Waals surface area contributed by atoms with Crippen LogP contribution in [-0.4, -0.2) is 33.6 Å². The van der Waals surface area contributed by atoms with Gasteiger partial charge in [-0.1, -0.05) is 66.5 Å². The van der Waals surface area contributed by atoms with E-state index in [1.807, 2.05) is 6.92 Å². The van der Waals surface area contributed by atoms with E-state index in [1.54, 1.807) is 0 Å². The first kappa shape index (κ1) is 25.5. The second-order valence-electron chi connectivity index (χ2n) is 13.9. The van der Waals surface area contributed by atoms with Crippen molar-refractivity contribution in [2.75, 3.05) is 6.61 Å². The number of rotatable bonds is 6. The molecule has 0 amide bonds. The Morgan fingerprint density at radius 2 is 1.76 bits per heavy atom. The fourth-order valence-electron chi connectivity index (χ4n) is 9.14. The standard InChI is InChI=1S/C30H50O3/c1-20(2)9-8-15-29(7,33)24-13-17-28(6)22-10-11-23-26(3,4)25(32)14-16-27(23,5)21(22)12-18-30(24,28)19-31/h10,12,20,23-25,31-33H,8-9,11,13-19H2,1-7H3/t23-,24+,25-,27+,28-,29+,30-/m0/s1. The molecule has 2 fully saturated rings. The van der Waals surface area contributed by atoms with E-state index in [0.29, 0.717) is 11.8 Å². The monoisotopic (exact) mass is 458 g/mol. The molecule has 0 aromatic carbocycles. The maximum absolute atomic E-state index is 11.7. The van der Waals surface area contributed by atoms with Crippen LogP contribution in [0.15, 0.2) is 23.3 Å². The van der Waals surface area contributed by atoms with E-state index < -0.39 is 5.60 Å². The molecule has 0 radical (unpaired) electrons. The molecule has 3 nitrogen and oxygen atoms in total. The highest BCUT2D eigenvalue weighted by atomic mass is 16.3. The van der Waals surface area contributed by atoms with Crippen LogP contribution >= 0.6 is 0 Å². The normalized spacial score (nSPS) is 43.8. The summed E-state index contributed by atoms with van der Waals surface area (Å²) in [4.78, 5) is 0. The number of aliphatic hydroxyl groups excluding tert-OH is 2. The number of allylic oxidation sites excluding steroid dienone is 4. The molecule has 0 aromatic rings. The Bertz CT molecular complexity index is 820. The van der Waals surface area contributed by atoms with Crippen molar-refractivity contribution >= 4 is 0 Å². The van der Waals surface area contributed by atoms with Crippen molar-refractivity contribution in [3.63, 3.8) is 0 Å². The minimum absolute atomic E-state index is 0.0787. The molecule has 0 spiro atoms. The molecule has 0 aliphatic heterocycles. The molecule has 0 aromatic heterocycles. The van der Waals surface area contributed by atoms with Crippen LogP contribution in [0.1, 0.15) is 106 Å². The van der Waals surface area contributed by atoms with E-state index >= 15 is 0 Å². The van der Waals surface area contributed by atoms with Gasteiger partial charge in [0.05, 0.1) is 18.3 Å². The zero-order valence-electron chi connectivity index (χ0n) is 22.4. The Morgan fingerprint density at radius 1 is 1.06 bits per heavy atom. The molecule has 188 valence electrons. The van der Waals surface area contributed by atoms with Crippen molar-refractivity contribution in [1.29, 1.82) is 0 Å². The first-order valence-corrected chi connectivity index (χ1v) is 13.7. The average Bonchev–Trinajstić information content (AvgIpc) is 3.05. The van der Waals surface area contributed by atoms with Crippen molar-refractivity contribution in [2.45, 2.75) is 118 Å². The zero-order chi connectivity index (χ0) is 24.4. The van der Waals surface area contributed by atoms with Gasteiger partial charge in [0, 0.05) is 10.8 Å². The predicted molar refractivity (Wildman–Crippen MR) is 136 cm³/mol. The number of aliphatic hydroxyl groups is 3. The van der Waals surface area contributed by atoms with Crippen LogP contribution in [0.4, 0.5) is 0 Å². The highest BCUT2D eigenvalue weighted by Gasteiger charge is 2.66. The van der Waals surface area contributed by atoms with Gasteiger partial charge in [0.2, 0.25) is 0 Å². The maximum atomic E-state index is 11.7. The van der Waals surface area contributed by atoms with Gasteiger partial charge in [-0.25, -0.2) is 0 Å². The Labute approximate surface area is 202 Å². The fourth-order valence-corrected chi connectivity index (χ4v) is 9.14. The molecule has 4 aliphatic carbocycles. The fraction of sp³-hybridized carbons (Fsp3) is 0.867. The molecule has 0 heterocycles. The summed E-state index contributed by atoms with van der Waals surface area (Å²) in [5, 5.41) is 33.5. The van der Waals surface area contributed by atoms with Crippen LogP contribution in [0.2, 0.25) is 0 Å². The molecule has 3 N–H and O–H groups in total. The molecule has 0 unspecified atom stereocenters. The molecule has 0 bridgehead atoms. The van der Waals surface area contributed by atoms with E-state index in [2.05, 4.69) is 53.7 Å². The Morgan fingerprint density at radius 3 is 2.39 bits per heavy atom. The van der Waals surface area contributed by atoms with E-state index in [1.165, 1.54) is 11.1 Å². The smallest absolute Gasteiger partial charge is 0.0654 e. The summed E-state index contributed by atoms with van der Waals surface area (Å²) in [5.41, 5.74) is 1.78. The number of hydrogen-bond donors (Lipinski definition) is 3. The minimum atomic E-state index is -0.751. The topological polar surface area (TPSA) is 60.7 Å². The van der Waals surface area contributed by atoms with Crippen molar-refractivity contribution in [2.24, 2.45) is 39.4 Å². The summed E-state index contributed by atoms with van der Waals surface area (Å²) in [6.07, 6.45) is 13.4. The molecule has 4 aliphatic rings.